The second-order valence-electron chi connectivity index (χ2n) is 4.77. The van der Waals surface area contributed by atoms with Crippen LogP contribution in [0.1, 0.15) is 29.5 Å². The summed E-state index contributed by atoms with van der Waals surface area (Å²) >= 11 is 0. The lowest BCUT2D eigenvalue weighted by molar-refractivity contribution is -0.146. The standard InChI is InChI=1S/C15H17N3O4/c1-10-7-12(22-18-10)9-21-14(19)8-13(17-15(16)20)11-5-3-2-4-6-11/h2-7,13H,8-9H2,1H3,(H3,16,17,20)/t13-/m1/s1. The van der Waals surface area contributed by atoms with Gasteiger partial charge in [0.2, 0.25) is 0 Å². The Labute approximate surface area is 127 Å². The van der Waals surface area contributed by atoms with Crippen LogP contribution in [0.25, 0.3) is 0 Å². The third-order valence-corrected chi connectivity index (χ3v) is 2.94. The molecule has 2 rings (SSSR count). The molecule has 0 saturated heterocycles. The number of primary amides is 1. The summed E-state index contributed by atoms with van der Waals surface area (Å²) in [6.45, 7) is 1.77. The molecule has 22 heavy (non-hydrogen) atoms. The van der Waals surface area contributed by atoms with Gasteiger partial charge in [0, 0.05) is 6.07 Å². The van der Waals surface area contributed by atoms with Gasteiger partial charge in [0.25, 0.3) is 0 Å². The van der Waals surface area contributed by atoms with Crippen LogP contribution >= 0.6 is 0 Å². The predicted octanol–water partition coefficient (Wildman–Crippen LogP) is 1.83. The van der Waals surface area contributed by atoms with E-state index in [0.29, 0.717) is 11.5 Å². The lowest BCUT2D eigenvalue weighted by Crippen LogP contribution is -2.34. The molecule has 0 bridgehead atoms. The fourth-order valence-corrected chi connectivity index (χ4v) is 1.97. The van der Waals surface area contributed by atoms with Crippen molar-refractivity contribution in [3.63, 3.8) is 0 Å². The molecule has 0 aliphatic carbocycles. The molecular formula is C15H17N3O4. The van der Waals surface area contributed by atoms with Gasteiger partial charge in [-0.2, -0.15) is 0 Å². The molecule has 0 spiro atoms. The fourth-order valence-electron chi connectivity index (χ4n) is 1.97. The Morgan fingerprint density at radius 1 is 1.36 bits per heavy atom. The normalized spacial score (nSPS) is 11.7. The minimum absolute atomic E-state index is 0.00223. The number of carbonyl (C=O) groups is 2. The van der Waals surface area contributed by atoms with Crippen molar-refractivity contribution in [1.82, 2.24) is 10.5 Å². The van der Waals surface area contributed by atoms with E-state index in [9.17, 15) is 9.59 Å². The third-order valence-electron chi connectivity index (χ3n) is 2.94. The molecule has 7 heteroatoms. The maximum atomic E-state index is 11.9. The number of carbonyl (C=O) groups excluding carboxylic acids is 2. The summed E-state index contributed by atoms with van der Waals surface area (Å²) in [6.07, 6.45) is -0.0277. The quantitative estimate of drug-likeness (QED) is 0.791. The Morgan fingerprint density at radius 3 is 2.68 bits per heavy atom. The van der Waals surface area contributed by atoms with Gasteiger partial charge in [-0.25, -0.2) is 4.79 Å². The summed E-state index contributed by atoms with van der Waals surface area (Å²) in [6, 6.07) is 9.51. The second kappa shape index (κ2) is 7.26. The first-order chi connectivity index (χ1) is 10.5. The lowest BCUT2D eigenvalue weighted by atomic mass is 10.0. The number of benzene rings is 1. The SMILES string of the molecule is Cc1cc(COC(=O)C[C@@H](NC(N)=O)c2ccccc2)on1. The number of amides is 2. The fraction of sp³-hybridized carbons (Fsp3) is 0.267. The highest BCUT2D eigenvalue weighted by molar-refractivity contribution is 5.75. The molecule has 0 saturated carbocycles. The van der Waals surface area contributed by atoms with Crippen LogP contribution in [-0.4, -0.2) is 17.2 Å². The van der Waals surface area contributed by atoms with Gasteiger partial charge in [0.15, 0.2) is 12.4 Å². The van der Waals surface area contributed by atoms with E-state index in [2.05, 4.69) is 10.5 Å². The van der Waals surface area contributed by atoms with Crippen molar-refractivity contribution in [1.29, 1.82) is 0 Å². The van der Waals surface area contributed by atoms with Crippen molar-refractivity contribution in [2.75, 3.05) is 0 Å². The van der Waals surface area contributed by atoms with Crippen molar-refractivity contribution in [3.8, 4) is 0 Å². The van der Waals surface area contributed by atoms with Crippen molar-refractivity contribution >= 4 is 12.0 Å². The maximum Gasteiger partial charge on any atom is 0.312 e. The Morgan fingerprint density at radius 2 is 2.09 bits per heavy atom. The Hall–Kier alpha value is -2.83. The lowest BCUT2D eigenvalue weighted by Gasteiger charge is -2.17. The van der Waals surface area contributed by atoms with Crippen LogP contribution in [0, 0.1) is 6.92 Å². The first-order valence-electron chi connectivity index (χ1n) is 6.73. The number of aryl methyl sites for hydroxylation is 1. The Balaban J connectivity index is 1.94. The van der Waals surface area contributed by atoms with Gasteiger partial charge < -0.3 is 20.3 Å². The van der Waals surface area contributed by atoms with E-state index in [1.54, 1.807) is 25.1 Å². The van der Waals surface area contributed by atoms with Gasteiger partial charge in [-0.1, -0.05) is 35.5 Å². The van der Waals surface area contributed by atoms with Crippen LogP contribution in [0.2, 0.25) is 0 Å². The van der Waals surface area contributed by atoms with Crippen LogP contribution in [0.15, 0.2) is 40.9 Å². The predicted molar refractivity (Wildman–Crippen MR) is 77.6 cm³/mol. The van der Waals surface area contributed by atoms with Crippen LogP contribution in [0.3, 0.4) is 0 Å². The highest BCUT2D eigenvalue weighted by Gasteiger charge is 2.18. The summed E-state index contributed by atoms with van der Waals surface area (Å²) in [5.74, 6) is -0.0124. The van der Waals surface area contributed by atoms with Crippen LogP contribution in [-0.2, 0) is 16.1 Å². The molecule has 2 aromatic rings. The summed E-state index contributed by atoms with van der Waals surface area (Å²) in [5.41, 5.74) is 6.63. The summed E-state index contributed by atoms with van der Waals surface area (Å²) in [7, 11) is 0. The molecule has 1 atom stereocenters. The molecule has 0 aliphatic rings. The van der Waals surface area contributed by atoms with Gasteiger partial charge in [-0.15, -0.1) is 0 Å². The van der Waals surface area contributed by atoms with E-state index in [4.69, 9.17) is 15.0 Å². The minimum Gasteiger partial charge on any atom is -0.457 e. The van der Waals surface area contributed by atoms with Crippen molar-refractivity contribution in [3.05, 3.63) is 53.4 Å². The zero-order valence-electron chi connectivity index (χ0n) is 12.1. The molecule has 1 aromatic heterocycles. The van der Waals surface area contributed by atoms with Crippen molar-refractivity contribution < 1.29 is 18.8 Å². The monoisotopic (exact) mass is 303 g/mol. The highest BCUT2D eigenvalue weighted by atomic mass is 16.5. The highest BCUT2D eigenvalue weighted by Crippen LogP contribution is 2.17. The molecule has 7 nitrogen and oxygen atoms in total. The molecule has 3 N–H and O–H groups in total. The van der Waals surface area contributed by atoms with Gasteiger partial charge in [0.1, 0.15) is 0 Å². The third kappa shape index (κ3) is 4.62. The largest absolute Gasteiger partial charge is 0.457 e. The van der Waals surface area contributed by atoms with Crippen LogP contribution in [0.5, 0.6) is 0 Å². The van der Waals surface area contributed by atoms with Gasteiger partial charge in [0.05, 0.1) is 18.2 Å². The zero-order valence-corrected chi connectivity index (χ0v) is 12.1. The number of nitrogens with one attached hydrogen (secondary N) is 1. The van der Waals surface area contributed by atoms with Crippen molar-refractivity contribution in [2.45, 2.75) is 26.0 Å². The smallest absolute Gasteiger partial charge is 0.312 e. The topological polar surface area (TPSA) is 107 Å². The number of esters is 1. The number of urea groups is 1. The maximum absolute atomic E-state index is 11.9. The van der Waals surface area contributed by atoms with Crippen molar-refractivity contribution in [2.24, 2.45) is 5.73 Å². The number of hydrogen-bond donors (Lipinski definition) is 2. The van der Waals surface area contributed by atoms with E-state index < -0.39 is 18.0 Å². The van der Waals surface area contributed by atoms with E-state index in [1.165, 1.54) is 0 Å². The average Bonchev–Trinajstić information content (AvgIpc) is 2.91. The molecule has 0 radical (unpaired) electrons. The van der Waals surface area contributed by atoms with E-state index in [-0.39, 0.29) is 13.0 Å². The Bertz CT molecular complexity index is 639. The van der Waals surface area contributed by atoms with E-state index >= 15 is 0 Å². The molecular weight excluding hydrogens is 286 g/mol. The number of rotatable bonds is 6. The number of nitrogens with two attached hydrogens (primary N) is 1. The number of ether oxygens (including phenoxy) is 1. The van der Waals surface area contributed by atoms with Gasteiger partial charge >= 0.3 is 12.0 Å². The summed E-state index contributed by atoms with van der Waals surface area (Å²) in [4.78, 5) is 23.0. The average molecular weight is 303 g/mol. The van der Waals surface area contributed by atoms with E-state index in [1.807, 2.05) is 18.2 Å². The molecule has 2 amide bonds. The van der Waals surface area contributed by atoms with E-state index in [0.717, 1.165) is 5.56 Å². The van der Waals surface area contributed by atoms with Crippen LogP contribution in [0.4, 0.5) is 4.79 Å². The molecule has 0 fully saturated rings. The second-order valence-corrected chi connectivity index (χ2v) is 4.77. The van der Waals surface area contributed by atoms with Gasteiger partial charge in [-0.3, -0.25) is 4.79 Å². The summed E-state index contributed by atoms with van der Waals surface area (Å²) < 4.78 is 10.1. The molecule has 1 aromatic carbocycles. The Kier molecular flexibility index (Phi) is 5.13. The molecule has 0 unspecified atom stereocenters. The summed E-state index contributed by atoms with van der Waals surface area (Å²) in [5, 5.41) is 6.23. The number of nitrogens with zero attached hydrogens (tertiary/aromatic N) is 1. The van der Waals surface area contributed by atoms with Crippen LogP contribution < -0.4 is 11.1 Å². The molecule has 1 heterocycles. The first kappa shape index (κ1) is 15.6. The number of hydrogen-bond acceptors (Lipinski definition) is 5. The number of aromatic nitrogens is 1. The zero-order chi connectivity index (χ0) is 15.9. The van der Waals surface area contributed by atoms with Gasteiger partial charge in [-0.05, 0) is 12.5 Å². The molecule has 116 valence electrons. The first-order valence-corrected chi connectivity index (χ1v) is 6.73. The molecule has 0 aliphatic heterocycles. The minimum atomic E-state index is -0.701.